The normalized spacial score (nSPS) is 24.2. The minimum absolute atomic E-state index is 0.0289. The van der Waals surface area contributed by atoms with Crippen LogP contribution in [0.1, 0.15) is 38.7 Å². The van der Waals surface area contributed by atoms with E-state index in [9.17, 15) is 8.42 Å². The van der Waals surface area contributed by atoms with Gasteiger partial charge >= 0.3 is 0 Å². The van der Waals surface area contributed by atoms with Gasteiger partial charge in [0.1, 0.15) is 0 Å². The zero-order valence-electron chi connectivity index (χ0n) is 12.1. The fourth-order valence-electron chi connectivity index (χ4n) is 2.93. The molecule has 1 fully saturated rings. The number of hydrogen-bond donors (Lipinski definition) is 1. The molecule has 1 aliphatic heterocycles. The Hall–Kier alpha value is -0.780. The van der Waals surface area contributed by atoms with Crippen LogP contribution in [0.25, 0.3) is 0 Å². The van der Waals surface area contributed by atoms with Crippen LogP contribution in [-0.4, -0.2) is 24.8 Å². The van der Waals surface area contributed by atoms with Gasteiger partial charge in [-0.05, 0) is 50.8 Å². The summed E-state index contributed by atoms with van der Waals surface area (Å²) < 4.78 is 27.5. The van der Waals surface area contributed by atoms with Gasteiger partial charge in [0.2, 0.25) is 10.0 Å². The standard InChI is InChI=1S/C14H21ClN2O2S/c1-4-11-6-5-10(3)17(11)20(18,19)14-8-13(16)12(15)7-9(14)2/h7-8,10-11H,4-6,16H2,1-3H3. The summed E-state index contributed by atoms with van der Waals surface area (Å²) in [5.41, 5.74) is 6.71. The number of hydrogen-bond acceptors (Lipinski definition) is 3. The third kappa shape index (κ3) is 2.54. The zero-order chi connectivity index (χ0) is 15.1. The molecule has 2 rings (SSSR count). The Morgan fingerprint density at radius 1 is 1.40 bits per heavy atom. The molecule has 0 bridgehead atoms. The van der Waals surface area contributed by atoms with Crippen LogP contribution in [0.2, 0.25) is 5.02 Å². The van der Waals surface area contributed by atoms with Crippen molar-refractivity contribution in [3.8, 4) is 0 Å². The summed E-state index contributed by atoms with van der Waals surface area (Å²) in [5.74, 6) is 0. The van der Waals surface area contributed by atoms with E-state index in [0.29, 0.717) is 16.3 Å². The summed E-state index contributed by atoms with van der Waals surface area (Å²) in [6, 6.07) is 3.20. The van der Waals surface area contributed by atoms with Crippen molar-refractivity contribution in [2.75, 3.05) is 5.73 Å². The first-order chi connectivity index (χ1) is 9.28. The molecule has 0 aromatic heterocycles. The molecule has 0 radical (unpaired) electrons. The van der Waals surface area contributed by atoms with Gasteiger partial charge in [0.15, 0.2) is 0 Å². The highest BCUT2D eigenvalue weighted by Gasteiger charge is 2.39. The van der Waals surface area contributed by atoms with Crippen molar-refractivity contribution < 1.29 is 8.42 Å². The molecule has 1 saturated heterocycles. The molecule has 6 heteroatoms. The average molecular weight is 317 g/mol. The number of sulfonamides is 1. The van der Waals surface area contributed by atoms with E-state index in [4.69, 9.17) is 17.3 Å². The van der Waals surface area contributed by atoms with Gasteiger partial charge < -0.3 is 5.73 Å². The molecule has 1 heterocycles. The summed E-state index contributed by atoms with van der Waals surface area (Å²) in [5, 5.41) is 0.392. The van der Waals surface area contributed by atoms with E-state index < -0.39 is 10.0 Å². The van der Waals surface area contributed by atoms with Crippen molar-refractivity contribution in [2.24, 2.45) is 0 Å². The van der Waals surface area contributed by atoms with Gasteiger partial charge in [0.05, 0.1) is 15.6 Å². The highest BCUT2D eigenvalue weighted by molar-refractivity contribution is 7.89. The molecular weight excluding hydrogens is 296 g/mol. The third-order valence-corrected chi connectivity index (χ3v) is 6.57. The fourth-order valence-corrected chi connectivity index (χ4v) is 5.34. The predicted octanol–water partition coefficient (Wildman–Crippen LogP) is 3.18. The van der Waals surface area contributed by atoms with Gasteiger partial charge in [-0.15, -0.1) is 0 Å². The molecule has 1 aromatic carbocycles. The molecule has 0 spiro atoms. The molecule has 1 aromatic rings. The third-order valence-electron chi connectivity index (χ3n) is 4.03. The summed E-state index contributed by atoms with van der Waals surface area (Å²) in [6.07, 6.45) is 2.64. The molecule has 2 atom stereocenters. The van der Waals surface area contributed by atoms with E-state index >= 15 is 0 Å². The Kier molecular flexibility index (Phi) is 4.33. The minimum Gasteiger partial charge on any atom is -0.397 e. The van der Waals surface area contributed by atoms with Crippen molar-refractivity contribution >= 4 is 27.3 Å². The summed E-state index contributed by atoms with van der Waals surface area (Å²) in [4.78, 5) is 0.270. The molecule has 2 N–H and O–H groups in total. The van der Waals surface area contributed by atoms with Crippen molar-refractivity contribution in [3.63, 3.8) is 0 Å². The Morgan fingerprint density at radius 3 is 2.65 bits per heavy atom. The van der Waals surface area contributed by atoms with E-state index in [1.807, 2.05) is 13.8 Å². The number of aryl methyl sites for hydroxylation is 1. The van der Waals surface area contributed by atoms with Crippen LogP contribution in [0.4, 0.5) is 5.69 Å². The van der Waals surface area contributed by atoms with Crippen LogP contribution >= 0.6 is 11.6 Å². The molecule has 0 aliphatic carbocycles. The van der Waals surface area contributed by atoms with Crippen molar-refractivity contribution in [2.45, 2.75) is 57.0 Å². The zero-order valence-corrected chi connectivity index (χ0v) is 13.6. The van der Waals surface area contributed by atoms with E-state index in [0.717, 1.165) is 19.3 Å². The number of nitrogens with zero attached hydrogens (tertiary/aromatic N) is 1. The first-order valence-electron chi connectivity index (χ1n) is 6.88. The van der Waals surface area contributed by atoms with Crippen molar-refractivity contribution in [1.82, 2.24) is 4.31 Å². The van der Waals surface area contributed by atoms with Crippen LogP contribution in [0, 0.1) is 6.92 Å². The molecule has 1 aliphatic rings. The maximum absolute atomic E-state index is 12.9. The lowest BCUT2D eigenvalue weighted by Crippen LogP contribution is -2.39. The number of halogens is 1. The number of nitrogens with two attached hydrogens (primary N) is 1. The van der Waals surface area contributed by atoms with Crippen molar-refractivity contribution in [3.05, 3.63) is 22.7 Å². The highest BCUT2D eigenvalue weighted by atomic mass is 35.5. The molecule has 0 amide bonds. The van der Waals surface area contributed by atoms with E-state index in [-0.39, 0.29) is 17.0 Å². The molecular formula is C14H21ClN2O2S. The van der Waals surface area contributed by atoms with Gasteiger partial charge in [-0.1, -0.05) is 18.5 Å². The molecule has 0 saturated carbocycles. The Morgan fingerprint density at radius 2 is 2.05 bits per heavy atom. The number of benzene rings is 1. The summed E-state index contributed by atoms with van der Waals surface area (Å²) in [7, 11) is -3.52. The van der Waals surface area contributed by atoms with Gasteiger partial charge in [-0.25, -0.2) is 8.42 Å². The minimum atomic E-state index is -3.52. The molecule has 4 nitrogen and oxygen atoms in total. The second kappa shape index (κ2) is 5.54. The second-order valence-electron chi connectivity index (χ2n) is 5.46. The van der Waals surface area contributed by atoms with Crippen LogP contribution in [0.5, 0.6) is 0 Å². The lowest BCUT2D eigenvalue weighted by molar-refractivity contribution is 0.328. The fraction of sp³-hybridized carbons (Fsp3) is 0.571. The maximum atomic E-state index is 12.9. The Bertz CT molecular complexity index is 616. The van der Waals surface area contributed by atoms with Crippen LogP contribution in [0.3, 0.4) is 0 Å². The van der Waals surface area contributed by atoms with Gasteiger partial charge in [-0.2, -0.15) is 4.31 Å². The Balaban J connectivity index is 2.53. The second-order valence-corrected chi connectivity index (χ2v) is 7.68. The van der Waals surface area contributed by atoms with Crippen molar-refractivity contribution in [1.29, 1.82) is 0 Å². The molecule has 20 heavy (non-hydrogen) atoms. The number of rotatable bonds is 3. The lowest BCUT2D eigenvalue weighted by atomic mass is 10.2. The first-order valence-corrected chi connectivity index (χ1v) is 8.70. The van der Waals surface area contributed by atoms with E-state index in [2.05, 4.69) is 0 Å². The quantitative estimate of drug-likeness (QED) is 0.871. The van der Waals surface area contributed by atoms with Gasteiger partial charge in [0, 0.05) is 12.1 Å². The lowest BCUT2D eigenvalue weighted by Gasteiger charge is -2.27. The SMILES string of the molecule is CCC1CCC(C)N1S(=O)(=O)c1cc(N)c(Cl)cc1C. The maximum Gasteiger partial charge on any atom is 0.243 e. The van der Waals surface area contributed by atoms with Crippen LogP contribution < -0.4 is 5.73 Å². The largest absolute Gasteiger partial charge is 0.397 e. The number of anilines is 1. The first kappa shape index (κ1) is 15.6. The molecule has 2 unspecified atom stereocenters. The topological polar surface area (TPSA) is 63.4 Å². The smallest absolute Gasteiger partial charge is 0.243 e. The van der Waals surface area contributed by atoms with Crippen LogP contribution in [0.15, 0.2) is 17.0 Å². The summed E-state index contributed by atoms with van der Waals surface area (Å²) >= 11 is 5.95. The summed E-state index contributed by atoms with van der Waals surface area (Å²) in [6.45, 7) is 5.73. The van der Waals surface area contributed by atoms with Crippen LogP contribution in [-0.2, 0) is 10.0 Å². The molecule has 112 valence electrons. The monoisotopic (exact) mass is 316 g/mol. The Labute approximate surface area is 126 Å². The van der Waals surface area contributed by atoms with E-state index in [1.165, 1.54) is 6.07 Å². The average Bonchev–Trinajstić information content (AvgIpc) is 2.75. The van der Waals surface area contributed by atoms with Gasteiger partial charge in [0.25, 0.3) is 0 Å². The predicted molar refractivity (Wildman–Crippen MR) is 82.4 cm³/mol. The van der Waals surface area contributed by atoms with Gasteiger partial charge in [-0.3, -0.25) is 0 Å². The highest BCUT2D eigenvalue weighted by Crippen LogP contribution is 2.35. The number of nitrogen functional groups attached to an aromatic ring is 1. The van der Waals surface area contributed by atoms with E-state index in [1.54, 1.807) is 17.3 Å².